The molecule has 1 amide bonds. The van der Waals surface area contributed by atoms with Crippen molar-refractivity contribution in [3.63, 3.8) is 0 Å². The summed E-state index contributed by atoms with van der Waals surface area (Å²) < 4.78 is 10.1. The van der Waals surface area contributed by atoms with Crippen LogP contribution in [0.4, 0.5) is 10.8 Å². The minimum absolute atomic E-state index is 0.0405. The number of rotatable bonds is 4. The molecule has 2 rings (SSSR count). The monoisotopic (exact) mass is 262 g/mol. The first kappa shape index (κ1) is 12.9. The molecule has 19 heavy (non-hydrogen) atoms. The van der Waals surface area contributed by atoms with Crippen LogP contribution in [0.5, 0.6) is 0 Å². The Kier molecular flexibility index (Phi) is 3.97. The van der Waals surface area contributed by atoms with Gasteiger partial charge in [-0.1, -0.05) is 35.4 Å². The Morgan fingerprint density at radius 2 is 2.16 bits per heavy atom. The van der Waals surface area contributed by atoms with Crippen molar-refractivity contribution in [1.82, 2.24) is 15.5 Å². The molecule has 7 nitrogen and oxygen atoms in total. The van der Waals surface area contributed by atoms with E-state index in [2.05, 4.69) is 15.5 Å². The number of aromatic nitrogens is 2. The lowest BCUT2D eigenvalue weighted by Crippen LogP contribution is -2.27. The molecule has 1 aromatic heterocycles. The van der Waals surface area contributed by atoms with Crippen LogP contribution in [0.2, 0.25) is 0 Å². The summed E-state index contributed by atoms with van der Waals surface area (Å²) in [6.07, 6.45) is -0.562. The van der Waals surface area contributed by atoms with E-state index in [1.807, 2.05) is 30.3 Å². The van der Waals surface area contributed by atoms with Crippen molar-refractivity contribution in [2.45, 2.75) is 19.6 Å². The van der Waals surface area contributed by atoms with Crippen molar-refractivity contribution >= 4 is 12.1 Å². The van der Waals surface area contributed by atoms with E-state index >= 15 is 0 Å². The van der Waals surface area contributed by atoms with E-state index in [1.165, 1.54) is 0 Å². The normalized spacial score (nSPS) is 11.8. The summed E-state index contributed by atoms with van der Waals surface area (Å²) in [7, 11) is 0. The van der Waals surface area contributed by atoms with Crippen molar-refractivity contribution in [3.8, 4) is 0 Å². The number of hydrogen-bond donors (Lipinski definition) is 2. The average molecular weight is 262 g/mol. The Labute approximate surface area is 109 Å². The number of nitrogens with one attached hydrogen (secondary N) is 1. The third-order valence-corrected chi connectivity index (χ3v) is 2.37. The summed E-state index contributed by atoms with van der Waals surface area (Å²) in [6, 6.07) is 8.88. The molecule has 0 radical (unpaired) electrons. The van der Waals surface area contributed by atoms with Gasteiger partial charge in [0, 0.05) is 0 Å². The SMILES string of the molecule is C[C@@H](NC(=O)OCc1ccccc1)c1nnc(N)o1. The van der Waals surface area contributed by atoms with Gasteiger partial charge in [0.2, 0.25) is 5.89 Å². The molecule has 0 spiro atoms. The highest BCUT2D eigenvalue weighted by Crippen LogP contribution is 2.11. The van der Waals surface area contributed by atoms with Crippen LogP contribution >= 0.6 is 0 Å². The van der Waals surface area contributed by atoms with E-state index in [-0.39, 0.29) is 18.5 Å². The minimum Gasteiger partial charge on any atom is -0.445 e. The Bertz CT molecular complexity index is 541. The second-order valence-corrected chi connectivity index (χ2v) is 3.91. The number of nitrogens with two attached hydrogens (primary N) is 1. The van der Waals surface area contributed by atoms with Gasteiger partial charge in [-0.3, -0.25) is 0 Å². The Balaban J connectivity index is 1.81. The molecule has 1 heterocycles. The number of nitrogen functional groups attached to an aromatic ring is 1. The first-order valence-electron chi connectivity index (χ1n) is 5.71. The molecule has 1 atom stereocenters. The molecule has 0 aliphatic carbocycles. The number of alkyl carbamates (subject to hydrolysis) is 1. The maximum Gasteiger partial charge on any atom is 0.408 e. The second-order valence-electron chi connectivity index (χ2n) is 3.91. The maximum atomic E-state index is 11.6. The molecule has 3 N–H and O–H groups in total. The molecule has 0 bridgehead atoms. The van der Waals surface area contributed by atoms with Crippen LogP contribution < -0.4 is 11.1 Å². The maximum absolute atomic E-state index is 11.6. The third kappa shape index (κ3) is 3.70. The molecular weight excluding hydrogens is 248 g/mol. The van der Waals surface area contributed by atoms with E-state index < -0.39 is 12.1 Å². The zero-order valence-electron chi connectivity index (χ0n) is 10.4. The van der Waals surface area contributed by atoms with Crippen LogP contribution in [-0.2, 0) is 11.3 Å². The Morgan fingerprint density at radius 1 is 1.42 bits per heavy atom. The lowest BCUT2D eigenvalue weighted by atomic mass is 10.2. The summed E-state index contributed by atoms with van der Waals surface area (Å²) in [5, 5.41) is 9.75. The fourth-order valence-electron chi connectivity index (χ4n) is 1.42. The zero-order valence-corrected chi connectivity index (χ0v) is 10.4. The Morgan fingerprint density at radius 3 is 2.79 bits per heavy atom. The summed E-state index contributed by atoms with van der Waals surface area (Å²) >= 11 is 0. The zero-order chi connectivity index (χ0) is 13.7. The quantitative estimate of drug-likeness (QED) is 0.868. The molecule has 1 aromatic carbocycles. The molecule has 0 saturated heterocycles. The predicted molar refractivity (Wildman–Crippen MR) is 66.9 cm³/mol. The van der Waals surface area contributed by atoms with Gasteiger partial charge in [-0.05, 0) is 12.5 Å². The van der Waals surface area contributed by atoms with Crippen LogP contribution in [0.3, 0.4) is 0 Å². The molecule has 0 fully saturated rings. The van der Waals surface area contributed by atoms with Gasteiger partial charge < -0.3 is 20.2 Å². The van der Waals surface area contributed by atoms with Gasteiger partial charge >= 0.3 is 12.1 Å². The van der Waals surface area contributed by atoms with Gasteiger partial charge in [0.25, 0.3) is 0 Å². The van der Waals surface area contributed by atoms with E-state index in [1.54, 1.807) is 6.92 Å². The molecule has 100 valence electrons. The number of ether oxygens (including phenoxy) is 1. The van der Waals surface area contributed by atoms with E-state index in [0.717, 1.165) is 5.56 Å². The molecule has 7 heteroatoms. The summed E-state index contributed by atoms with van der Waals surface area (Å²) in [6.45, 7) is 1.89. The van der Waals surface area contributed by atoms with E-state index in [9.17, 15) is 4.79 Å². The highest BCUT2D eigenvalue weighted by Gasteiger charge is 2.16. The summed E-state index contributed by atoms with van der Waals surface area (Å²) in [4.78, 5) is 11.6. The average Bonchev–Trinajstić information content (AvgIpc) is 2.84. The largest absolute Gasteiger partial charge is 0.445 e. The van der Waals surface area contributed by atoms with Gasteiger partial charge in [0.05, 0.1) is 0 Å². The predicted octanol–water partition coefficient (Wildman–Crippen LogP) is 1.64. The van der Waals surface area contributed by atoms with Crippen molar-refractivity contribution < 1.29 is 13.9 Å². The highest BCUT2D eigenvalue weighted by molar-refractivity contribution is 5.67. The van der Waals surface area contributed by atoms with Crippen LogP contribution in [0.1, 0.15) is 24.4 Å². The van der Waals surface area contributed by atoms with E-state index in [0.29, 0.717) is 0 Å². The molecule has 0 aliphatic rings. The van der Waals surface area contributed by atoms with Crippen molar-refractivity contribution in [2.75, 3.05) is 5.73 Å². The molecule has 2 aromatic rings. The van der Waals surface area contributed by atoms with Gasteiger partial charge in [0.1, 0.15) is 12.6 Å². The van der Waals surface area contributed by atoms with Crippen molar-refractivity contribution in [2.24, 2.45) is 0 Å². The van der Waals surface area contributed by atoms with E-state index in [4.69, 9.17) is 14.9 Å². The molecule has 0 unspecified atom stereocenters. The van der Waals surface area contributed by atoms with Crippen molar-refractivity contribution in [1.29, 1.82) is 0 Å². The first-order chi connectivity index (χ1) is 9.15. The number of hydrogen-bond acceptors (Lipinski definition) is 6. The molecule has 0 saturated carbocycles. The number of benzene rings is 1. The molecule has 0 aliphatic heterocycles. The highest BCUT2D eigenvalue weighted by atomic mass is 16.5. The molecular formula is C12H14N4O3. The number of anilines is 1. The topological polar surface area (TPSA) is 103 Å². The third-order valence-electron chi connectivity index (χ3n) is 2.37. The minimum atomic E-state index is -0.562. The number of carbonyl (C=O) groups excluding carboxylic acids is 1. The van der Waals surface area contributed by atoms with Gasteiger partial charge in [-0.2, -0.15) is 0 Å². The smallest absolute Gasteiger partial charge is 0.408 e. The summed E-state index contributed by atoms with van der Waals surface area (Å²) in [5.74, 6) is 0.231. The number of carbonyl (C=O) groups is 1. The lowest BCUT2D eigenvalue weighted by molar-refractivity contribution is 0.135. The Hall–Kier alpha value is -2.57. The lowest BCUT2D eigenvalue weighted by Gasteiger charge is -2.10. The number of nitrogens with zero attached hydrogens (tertiary/aromatic N) is 2. The van der Waals surface area contributed by atoms with Crippen molar-refractivity contribution in [3.05, 3.63) is 41.8 Å². The fraction of sp³-hybridized carbons (Fsp3) is 0.250. The fourth-order valence-corrected chi connectivity index (χ4v) is 1.42. The van der Waals surface area contributed by atoms with Gasteiger partial charge in [-0.15, -0.1) is 5.10 Å². The second kappa shape index (κ2) is 5.85. The summed E-state index contributed by atoms with van der Waals surface area (Å²) in [5.41, 5.74) is 6.21. The first-order valence-corrected chi connectivity index (χ1v) is 5.71. The van der Waals surface area contributed by atoms with Gasteiger partial charge in [0.15, 0.2) is 0 Å². The van der Waals surface area contributed by atoms with Crippen LogP contribution in [0, 0.1) is 0 Å². The van der Waals surface area contributed by atoms with Gasteiger partial charge in [-0.25, -0.2) is 4.79 Å². The van der Waals surface area contributed by atoms with Crippen LogP contribution in [-0.4, -0.2) is 16.3 Å². The number of amides is 1. The van der Waals surface area contributed by atoms with Crippen LogP contribution in [0.25, 0.3) is 0 Å². The standard InChI is InChI=1S/C12H14N4O3/c1-8(10-15-16-11(13)19-10)14-12(17)18-7-9-5-3-2-4-6-9/h2-6,8H,7H2,1H3,(H2,13,16)(H,14,17)/t8-/m1/s1. The van der Waals surface area contributed by atoms with Crippen LogP contribution in [0.15, 0.2) is 34.7 Å².